The van der Waals surface area contributed by atoms with Gasteiger partial charge in [0.05, 0.1) is 13.2 Å². The average Bonchev–Trinajstić information content (AvgIpc) is 2.55. The standard InChI is InChI=1S/C18H19FN2O3S/c1-11-3-5-14(25-21-18(23)9-24-10-18)8-15(11)17(22)20-13-4-6-16(19)12(2)7-13/h3-8,21,23H,9-10H2,1-2H3,(H,20,22). The summed E-state index contributed by atoms with van der Waals surface area (Å²) in [5.41, 5.74) is 1.33. The van der Waals surface area contributed by atoms with E-state index in [1.807, 2.05) is 19.1 Å². The molecular weight excluding hydrogens is 343 g/mol. The van der Waals surface area contributed by atoms with Gasteiger partial charge in [0.1, 0.15) is 5.82 Å². The summed E-state index contributed by atoms with van der Waals surface area (Å²) in [6.45, 7) is 3.97. The van der Waals surface area contributed by atoms with Crippen LogP contribution in [0.15, 0.2) is 41.3 Å². The third-order valence-corrected chi connectivity index (χ3v) is 4.88. The largest absolute Gasteiger partial charge is 0.372 e. The summed E-state index contributed by atoms with van der Waals surface area (Å²) in [6, 6.07) is 9.92. The van der Waals surface area contributed by atoms with E-state index in [0.29, 0.717) is 16.8 Å². The molecular formula is C18H19FN2O3S. The Labute approximate surface area is 149 Å². The Kier molecular flexibility index (Phi) is 5.10. The number of aryl methyl sites for hydroxylation is 2. The van der Waals surface area contributed by atoms with Crippen molar-refractivity contribution in [3.05, 3.63) is 58.9 Å². The minimum atomic E-state index is -1.02. The molecule has 0 unspecified atom stereocenters. The predicted octanol–water partition coefficient (Wildman–Crippen LogP) is 3.01. The van der Waals surface area contributed by atoms with E-state index in [1.54, 1.807) is 19.1 Å². The lowest BCUT2D eigenvalue weighted by atomic mass is 10.1. The fourth-order valence-electron chi connectivity index (χ4n) is 2.34. The molecule has 0 atom stereocenters. The third-order valence-electron chi connectivity index (χ3n) is 3.91. The highest BCUT2D eigenvalue weighted by molar-refractivity contribution is 7.97. The predicted molar refractivity (Wildman–Crippen MR) is 95.0 cm³/mol. The number of benzene rings is 2. The Balaban J connectivity index is 1.72. The number of rotatable bonds is 5. The normalized spacial score (nSPS) is 15.5. The van der Waals surface area contributed by atoms with E-state index in [1.165, 1.54) is 24.1 Å². The maximum Gasteiger partial charge on any atom is 0.255 e. The van der Waals surface area contributed by atoms with Gasteiger partial charge >= 0.3 is 0 Å². The topological polar surface area (TPSA) is 70.6 Å². The number of hydrogen-bond acceptors (Lipinski definition) is 5. The van der Waals surface area contributed by atoms with Gasteiger partial charge in [-0.1, -0.05) is 6.07 Å². The molecule has 132 valence electrons. The number of ether oxygens (including phenoxy) is 1. The van der Waals surface area contributed by atoms with Crippen LogP contribution in [-0.2, 0) is 4.74 Å². The van der Waals surface area contributed by atoms with Crippen LogP contribution in [0.5, 0.6) is 0 Å². The first-order chi connectivity index (χ1) is 11.9. The highest BCUT2D eigenvalue weighted by Crippen LogP contribution is 2.25. The fourth-order valence-corrected chi connectivity index (χ4v) is 3.08. The first-order valence-electron chi connectivity index (χ1n) is 7.79. The van der Waals surface area contributed by atoms with Crippen LogP contribution < -0.4 is 10.0 Å². The van der Waals surface area contributed by atoms with Gasteiger partial charge in [-0.2, -0.15) is 0 Å². The molecule has 0 bridgehead atoms. The van der Waals surface area contributed by atoms with Crippen molar-refractivity contribution >= 4 is 23.5 Å². The van der Waals surface area contributed by atoms with Crippen LogP contribution in [0, 0.1) is 19.7 Å². The number of nitrogens with one attached hydrogen (secondary N) is 2. The van der Waals surface area contributed by atoms with Crippen LogP contribution in [-0.4, -0.2) is 30.0 Å². The van der Waals surface area contributed by atoms with Crippen molar-refractivity contribution in [2.45, 2.75) is 24.5 Å². The molecule has 1 heterocycles. The van der Waals surface area contributed by atoms with Crippen molar-refractivity contribution in [2.24, 2.45) is 0 Å². The first kappa shape index (κ1) is 17.9. The molecule has 0 radical (unpaired) electrons. The summed E-state index contributed by atoms with van der Waals surface area (Å²) >= 11 is 1.24. The monoisotopic (exact) mass is 362 g/mol. The van der Waals surface area contributed by atoms with Gasteiger partial charge in [-0.15, -0.1) is 0 Å². The van der Waals surface area contributed by atoms with Gasteiger partial charge in [-0.3, -0.25) is 4.79 Å². The average molecular weight is 362 g/mol. The number of anilines is 1. The van der Waals surface area contributed by atoms with Gasteiger partial charge in [0, 0.05) is 16.1 Å². The highest BCUT2D eigenvalue weighted by Gasteiger charge is 2.35. The van der Waals surface area contributed by atoms with Gasteiger partial charge in [0.2, 0.25) is 0 Å². The van der Waals surface area contributed by atoms with Gasteiger partial charge in [0.15, 0.2) is 5.72 Å². The number of aliphatic hydroxyl groups is 1. The Hall–Kier alpha value is -1.93. The van der Waals surface area contributed by atoms with Gasteiger partial charge in [-0.05, 0) is 67.3 Å². The lowest BCUT2D eigenvalue weighted by Crippen LogP contribution is -2.57. The number of carbonyl (C=O) groups is 1. The molecule has 2 aromatic rings. The molecule has 1 aliphatic rings. The quantitative estimate of drug-likeness (QED) is 0.563. The van der Waals surface area contributed by atoms with E-state index in [4.69, 9.17) is 4.74 Å². The summed E-state index contributed by atoms with van der Waals surface area (Å²) in [6.07, 6.45) is 0. The molecule has 1 saturated heterocycles. The summed E-state index contributed by atoms with van der Waals surface area (Å²) in [7, 11) is 0. The fraction of sp³-hybridized carbons (Fsp3) is 0.278. The molecule has 1 amide bonds. The van der Waals surface area contributed by atoms with E-state index < -0.39 is 5.72 Å². The molecule has 1 fully saturated rings. The molecule has 0 spiro atoms. The Bertz CT molecular complexity index is 809. The van der Waals surface area contributed by atoms with E-state index >= 15 is 0 Å². The van der Waals surface area contributed by atoms with E-state index in [2.05, 4.69) is 10.0 Å². The molecule has 2 aromatic carbocycles. The second-order valence-electron chi connectivity index (χ2n) is 6.12. The molecule has 1 aliphatic heterocycles. The molecule has 7 heteroatoms. The minimum Gasteiger partial charge on any atom is -0.372 e. The summed E-state index contributed by atoms with van der Waals surface area (Å²) in [5, 5.41) is 12.8. The maximum absolute atomic E-state index is 13.3. The number of hydrogen-bond donors (Lipinski definition) is 3. The minimum absolute atomic E-state index is 0.239. The Morgan fingerprint density at radius 3 is 2.60 bits per heavy atom. The van der Waals surface area contributed by atoms with Crippen LogP contribution in [0.25, 0.3) is 0 Å². The summed E-state index contributed by atoms with van der Waals surface area (Å²) in [4.78, 5) is 13.3. The molecule has 5 nitrogen and oxygen atoms in total. The molecule has 0 saturated carbocycles. The van der Waals surface area contributed by atoms with Gasteiger partial charge in [-0.25, -0.2) is 9.11 Å². The number of carbonyl (C=O) groups excluding carboxylic acids is 1. The van der Waals surface area contributed by atoms with E-state index in [9.17, 15) is 14.3 Å². The summed E-state index contributed by atoms with van der Waals surface area (Å²) in [5.74, 6) is -0.576. The zero-order valence-corrected chi connectivity index (χ0v) is 14.7. The third kappa shape index (κ3) is 4.19. The van der Waals surface area contributed by atoms with Crippen molar-refractivity contribution < 1.29 is 19.0 Å². The zero-order chi connectivity index (χ0) is 18.0. The van der Waals surface area contributed by atoms with Crippen molar-refractivity contribution in [1.29, 1.82) is 0 Å². The van der Waals surface area contributed by atoms with Crippen LogP contribution in [0.4, 0.5) is 10.1 Å². The van der Waals surface area contributed by atoms with Gasteiger partial charge < -0.3 is 15.2 Å². The SMILES string of the molecule is Cc1cc(NC(=O)c2cc(SNC3(O)COC3)ccc2C)ccc1F. The molecule has 25 heavy (non-hydrogen) atoms. The number of amides is 1. The second-order valence-corrected chi connectivity index (χ2v) is 7.00. The van der Waals surface area contributed by atoms with Crippen LogP contribution in [0.1, 0.15) is 21.5 Å². The molecule has 0 aromatic heterocycles. The van der Waals surface area contributed by atoms with E-state index in [-0.39, 0.29) is 24.9 Å². The lowest BCUT2D eigenvalue weighted by Gasteiger charge is -2.36. The smallest absolute Gasteiger partial charge is 0.255 e. The Morgan fingerprint density at radius 1 is 1.20 bits per heavy atom. The van der Waals surface area contributed by atoms with Crippen molar-refractivity contribution in [2.75, 3.05) is 18.5 Å². The van der Waals surface area contributed by atoms with Crippen molar-refractivity contribution in [3.63, 3.8) is 0 Å². The lowest BCUT2D eigenvalue weighted by molar-refractivity contribution is -0.182. The van der Waals surface area contributed by atoms with Crippen molar-refractivity contribution in [3.8, 4) is 0 Å². The van der Waals surface area contributed by atoms with Gasteiger partial charge in [0.25, 0.3) is 5.91 Å². The van der Waals surface area contributed by atoms with Crippen LogP contribution >= 0.6 is 11.9 Å². The van der Waals surface area contributed by atoms with Crippen molar-refractivity contribution in [1.82, 2.24) is 4.72 Å². The Morgan fingerprint density at radius 2 is 1.96 bits per heavy atom. The second kappa shape index (κ2) is 7.13. The maximum atomic E-state index is 13.3. The van der Waals surface area contributed by atoms with Crippen LogP contribution in [0.3, 0.4) is 0 Å². The molecule has 3 N–H and O–H groups in total. The summed E-state index contributed by atoms with van der Waals surface area (Å²) < 4.78 is 21.2. The van der Waals surface area contributed by atoms with Crippen LogP contribution in [0.2, 0.25) is 0 Å². The number of halogens is 1. The van der Waals surface area contributed by atoms with E-state index in [0.717, 1.165) is 10.5 Å². The zero-order valence-electron chi connectivity index (χ0n) is 13.9. The highest BCUT2D eigenvalue weighted by atomic mass is 32.2. The molecule has 3 rings (SSSR count). The molecule has 0 aliphatic carbocycles. The first-order valence-corrected chi connectivity index (χ1v) is 8.60.